The number of pyridine rings is 3. The van der Waals surface area contributed by atoms with Crippen LogP contribution in [0.15, 0.2) is 35.4 Å². The van der Waals surface area contributed by atoms with Gasteiger partial charge in [0.1, 0.15) is 23.2 Å². The molecule has 4 heterocycles. The van der Waals surface area contributed by atoms with Gasteiger partial charge in [0.15, 0.2) is 17.3 Å². The molecule has 13 heteroatoms. The summed E-state index contributed by atoms with van der Waals surface area (Å²) in [5.74, 6) is -4.10. The third kappa shape index (κ3) is 4.77. The second-order valence-electron chi connectivity index (χ2n) is 8.22. The van der Waals surface area contributed by atoms with Gasteiger partial charge in [-0.2, -0.15) is 13.2 Å². The van der Waals surface area contributed by atoms with E-state index >= 15 is 0 Å². The number of rotatable bonds is 5. The third-order valence-corrected chi connectivity index (χ3v) is 5.81. The second-order valence-corrected chi connectivity index (χ2v) is 8.22. The molecule has 1 aliphatic rings. The molecule has 3 aromatic heterocycles. The zero-order valence-electron chi connectivity index (χ0n) is 18.9. The van der Waals surface area contributed by atoms with Crippen molar-refractivity contribution in [1.29, 1.82) is 0 Å². The SMILES string of the molecule is CCC(NC(=O)c1cn(-c2ncc(F)cc2F)c2nc(N3CCCCC3=O)ccc2c1=O)C(F)(F)F. The normalized spacial score (nSPS) is 15.3. The first kappa shape index (κ1) is 25.2. The Hall–Kier alpha value is -3.90. The zero-order chi connectivity index (χ0) is 26.2. The van der Waals surface area contributed by atoms with Crippen molar-refractivity contribution in [3.63, 3.8) is 0 Å². The number of alkyl halides is 3. The van der Waals surface area contributed by atoms with Gasteiger partial charge in [0.2, 0.25) is 11.3 Å². The van der Waals surface area contributed by atoms with E-state index in [1.807, 2.05) is 0 Å². The standard InChI is InChI=1S/C23H20F5N5O3/c1-2-16(23(26,27)28)30-22(36)14-11-33(21-15(25)9-12(24)10-29-21)20-13(19(14)35)6-7-17(31-20)32-8-4-3-5-18(32)34/h6-7,9-11,16H,2-5,8H2,1H3,(H,30,36). The average Bonchev–Trinajstić information content (AvgIpc) is 2.82. The molecule has 1 aliphatic heterocycles. The maximum absolute atomic E-state index is 14.7. The third-order valence-electron chi connectivity index (χ3n) is 5.81. The van der Waals surface area contributed by atoms with Crippen molar-refractivity contribution >= 4 is 28.7 Å². The summed E-state index contributed by atoms with van der Waals surface area (Å²) in [5.41, 5.74) is -1.89. The van der Waals surface area contributed by atoms with Crippen LogP contribution in [0.4, 0.5) is 27.8 Å². The predicted molar refractivity (Wildman–Crippen MR) is 119 cm³/mol. The van der Waals surface area contributed by atoms with Crippen molar-refractivity contribution in [2.24, 2.45) is 0 Å². The van der Waals surface area contributed by atoms with Crippen LogP contribution in [0.1, 0.15) is 43.0 Å². The van der Waals surface area contributed by atoms with Crippen LogP contribution in [0.25, 0.3) is 16.9 Å². The minimum absolute atomic E-state index is 0.156. The number of amides is 2. The number of nitrogens with zero attached hydrogens (tertiary/aromatic N) is 4. The van der Waals surface area contributed by atoms with Gasteiger partial charge in [-0.15, -0.1) is 0 Å². The summed E-state index contributed by atoms with van der Waals surface area (Å²) in [6, 6.07) is 0.899. The Morgan fingerprint density at radius 1 is 1.19 bits per heavy atom. The summed E-state index contributed by atoms with van der Waals surface area (Å²) < 4.78 is 68.7. The van der Waals surface area contributed by atoms with Crippen molar-refractivity contribution < 1.29 is 31.5 Å². The molecule has 0 spiro atoms. The molecule has 0 aliphatic carbocycles. The van der Waals surface area contributed by atoms with Gasteiger partial charge < -0.3 is 5.32 Å². The number of carbonyl (C=O) groups excluding carboxylic acids is 2. The van der Waals surface area contributed by atoms with Crippen LogP contribution in [0.2, 0.25) is 0 Å². The lowest BCUT2D eigenvalue weighted by Crippen LogP contribution is -2.46. The van der Waals surface area contributed by atoms with E-state index in [1.54, 1.807) is 5.32 Å². The van der Waals surface area contributed by atoms with Crippen LogP contribution in [0.5, 0.6) is 0 Å². The predicted octanol–water partition coefficient (Wildman–Crippen LogP) is 3.65. The minimum Gasteiger partial charge on any atom is -0.340 e. The summed E-state index contributed by atoms with van der Waals surface area (Å²) in [7, 11) is 0. The molecule has 0 bridgehead atoms. The Labute approximate surface area is 200 Å². The molecule has 8 nitrogen and oxygen atoms in total. The largest absolute Gasteiger partial charge is 0.408 e. The molecule has 1 N–H and O–H groups in total. The van der Waals surface area contributed by atoms with Crippen LogP contribution < -0.4 is 15.6 Å². The van der Waals surface area contributed by atoms with Crippen molar-refractivity contribution in [1.82, 2.24) is 19.9 Å². The zero-order valence-corrected chi connectivity index (χ0v) is 18.9. The Morgan fingerprint density at radius 3 is 2.58 bits per heavy atom. The van der Waals surface area contributed by atoms with Crippen molar-refractivity contribution in [3.05, 3.63) is 58.0 Å². The van der Waals surface area contributed by atoms with Crippen molar-refractivity contribution in [2.45, 2.75) is 44.8 Å². The van der Waals surface area contributed by atoms with E-state index in [0.29, 0.717) is 31.6 Å². The van der Waals surface area contributed by atoms with Gasteiger partial charge in [-0.25, -0.2) is 18.7 Å². The highest BCUT2D eigenvalue weighted by molar-refractivity contribution is 5.98. The molecule has 0 radical (unpaired) electrons. The van der Waals surface area contributed by atoms with Crippen LogP contribution in [0.3, 0.4) is 0 Å². The molecule has 36 heavy (non-hydrogen) atoms. The quantitative estimate of drug-likeness (QED) is 0.530. The number of aromatic nitrogens is 3. The van der Waals surface area contributed by atoms with Gasteiger partial charge >= 0.3 is 6.18 Å². The smallest absolute Gasteiger partial charge is 0.340 e. The van der Waals surface area contributed by atoms with E-state index in [4.69, 9.17) is 0 Å². The molecule has 4 rings (SSSR count). The highest BCUT2D eigenvalue weighted by atomic mass is 19.4. The summed E-state index contributed by atoms with van der Waals surface area (Å²) in [6.07, 6.45) is -2.05. The maximum Gasteiger partial charge on any atom is 0.408 e. The molecule has 1 unspecified atom stereocenters. The molecular formula is C23H20F5N5O3. The number of fused-ring (bicyclic) bond motifs is 1. The highest BCUT2D eigenvalue weighted by Gasteiger charge is 2.39. The molecular weight excluding hydrogens is 489 g/mol. The summed E-state index contributed by atoms with van der Waals surface area (Å²) >= 11 is 0. The first-order chi connectivity index (χ1) is 17.0. The van der Waals surface area contributed by atoms with E-state index in [2.05, 4.69) is 9.97 Å². The molecule has 1 atom stereocenters. The fourth-order valence-corrected chi connectivity index (χ4v) is 3.95. The van der Waals surface area contributed by atoms with Crippen LogP contribution >= 0.6 is 0 Å². The maximum atomic E-state index is 14.7. The van der Waals surface area contributed by atoms with Gasteiger partial charge in [0.25, 0.3) is 5.91 Å². The minimum atomic E-state index is -4.76. The van der Waals surface area contributed by atoms with E-state index < -0.39 is 53.0 Å². The molecule has 0 aromatic carbocycles. The summed E-state index contributed by atoms with van der Waals surface area (Å²) in [6.45, 7) is 1.57. The molecule has 0 saturated carbocycles. The van der Waals surface area contributed by atoms with Gasteiger partial charge in [0.05, 0.1) is 11.6 Å². The fraction of sp³-hybridized carbons (Fsp3) is 0.348. The van der Waals surface area contributed by atoms with E-state index in [0.717, 1.165) is 10.8 Å². The second kappa shape index (κ2) is 9.63. The monoisotopic (exact) mass is 509 g/mol. The Kier molecular flexibility index (Phi) is 6.74. The lowest BCUT2D eigenvalue weighted by Gasteiger charge is -2.26. The van der Waals surface area contributed by atoms with Gasteiger partial charge in [0, 0.05) is 25.2 Å². The molecule has 190 valence electrons. The van der Waals surface area contributed by atoms with Gasteiger partial charge in [-0.3, -0.25) is 23.9 Å². The Morgan fingerprint density at radius 2 is 1.94 bits per heavy atom. The summed E-state index contributed by atoms with van der Waals surface area (Å²) in [4.78, 5) is 47.6. The van der Waals surface area contributed by atoms with Gasteiger partial charge in [-0.05, 0) is 31.4 Å². The highest BCUT2D eigenvalue weighted by Crippen LogP contribution is 2.25. The van der Waals surface area contributed by atoms with Crippen LogP contribution in [0, 0.1) is 11.6 Å². The van der Waals surface area contributed by atoms with E-state index in [9.17, 15) is 36.3 Å². The van der Waals surface area contributed by atoms with Crippen LogP contribution in [-0.4, -0.2) is 45.1 Å². The molecule has 1 fully saturated rings. The van der Waals surface area contributed by atoms with Gasteiger partial charge in [-0.1, -0.05) is 6.92 Å². The van der Waals surface area contributed by atoms with Crippen molar-refractivity contribution in [3.8, 4) is 5.82 Å². The van der Waals surface area contributed by atoms with Crippen LogP contribution in [-0.2, 0) is 4.79 Å². The fourth-order valence-electron chi connectivity index (χ4n) is 3.95. The number of halogens is 5. The number of hydrogen-bond donors (Lipinski definition) is 1. The first-order valence-electron chi connectivity index (χ1n) is 11.1. The summed E-state index contributed by atoms with van der Waals surface area (Å²) in [5, 5.41) is 1.54. The number of anilines is 1. The number of piperidine rings is 1. The average molecular weight is 509 g/mol. The Bertz CT molecular complexity index is 1410. The topological polar surface area (TPSA) is 97.2 Å². The van der Waals surface area contributed by atoms with E-state index in [1.165, 1.54) is 24.0 Å². The number of hydrogen-bond acceptors (Lipinski definition) is 5. The van der Waals surface area contributed by atoms with E-state index in [-0.39, 0.29) is 29.2 Å². The molecule has 1 saturated heterocycles. The lowest BCUT2D eigenvalue weighted by atomic mass is 10.1. The number of nitrogens with one attached hydrogen (secondary N) is 1. The first-order valence-corrected chi connectivity index (χ1v) is 11.1. The molecule has 2 amide bonds. The van der Waals surface area contributed by atoms with Crippen molar-refractivity contribution in [2.75, 3.05) is 11.4 Å². The molecule has 3 aromatic rings. The number of carbonyl (C=O) groups is 2. The lowest BCUT2D eigenvalue weighted by molar-refractivity contribution is -0.153. The Balaban J connectivity index is 1.92.